The van der Waals surface area contributed by atoms with Crippen LogP contribution >= 0.6 is 0 Å². The Hall–Kier alpha value is -3.87. The van der Waals surface area contributed by atoms with Crippen molar-refractivity contribution < 1.29 is 18.8 Å². The number of hydrogen-bond acceptors (Lipinski definition) is 4. The smallest absolute Gasteiger partial charge is 0.287 e. The van der Waals surface area contributed by atoms with Crippen molar-refractivity contribution in [3.63, 3.8) is 0 Å². The minimum atomic E-state index is -0.840. The fraction of sp³-hybridized carbons (Fsp3) is 0.174. The first kappa shape index (κ1) is 20.9. The van der Waals surface area contributed by atoms with Crippen LogP contribution in [0, 0.1) is 6.92 Å². The van der Waals surface area contributed by atoms with Gasteiger partial charge < -0.3 is 20.4 Å². The van der Waals surface area contributed by atoms with Crippen molar-refractivity contribution in [1.82, 2.24) is 10.6 Å². The first-order valence-corrected chi connectivity index (χ1v) is 9.50. The van der Waals surface area contributed by atoms with Crippen LogP contribution in [0.3, 0.4) is 0 Å². The number of amides is 3. The normalized spacial score (nSPS) is 11.4. The molecule has 1 heterocycles. The molecule has 0 saturated carbocycles. The molecular weight excluding hydrogens is 382 g/mol. The molecule has 0 fully saturated rings. The molecular formula is C23H23N3O4. The van der Waals surface area contributed by atoms with Crippen LogP contribution in [0.1, 0.15) is 32.0 Å². The first-order chi connectivity index (χ1) is 14.5. The van der Waals surface area contributed by atoms with Gasteiger partial charge in [-0.3, -0.25) is 14.4 Å². The standard InChI is InChI=1S/C23H23N3O4/c1-15-17(21(27)24-2)10-6-11-18(15)25-22(28)19(14-16-8-4-3-5-9-16)26-23(29)20-12-7-13-30-20/h3-13,19H,14H2,1-2H3,(H,24,27)(H,25,28)(H,26,29). The van der Waals surface area contributed by atoms with E-state index in [-0.39, 0.29) is 11.7 Å². The molecule has 7 heteroatoms. The highest BCUT2D eigenvalue weighted by atomic mass is 16.3. The molecule has 3 aromatic rings. The predicted molar refractivity (Wildman–Crippen MR) is 113 cm³/mol. The Morgan fingerprint density at radius 3 is 2.37 bits per heavy atom. The first-order valence-electron chi connectivity index (χ1n) is 9.50. The van der Waals surface area contributed by atoms with Gasteiger partial charge >= 0.3 is 0 Å². The van der Waals surface area contributed by atoms with Crippen LogP contribution in [0.4, 0.5) is 5.69 Å². The fourth-order valence-electron chi connectivity index (χ4n) is 3.07. The quantitative estimate of drug-likeness (QED) is 0.563. The summed E-state index contributed by atoms with van der Waals surface area (Å²) < 4.78 is 5.13. The topological polar surface area (TPSA) is 100 Å². The molecule has 1 unspecified atom stereocenters. The number of rotatable bonds is 7. The second-order valence-corrected chi connectivity index (χ2v) is 6.74. The molecule has 0 saturated heterocycles. The van der Waals surface area contributed by atoms with E-state index in [2.05, 4.69) is 16.0 Å². The molecule has 1 atom stereocenters. The van der Waals surface area contributed by atoms with Crippen molar-refractivity contribution in [2.75, 3.05) is 12.4 Å². The third kappa shape index (κ3) is 4.94. The molecule has 30 heavy (non-hydrogen) atoms. The van der Waals surface area contributed by atoms with Crippen LogP contribution in [0.15, 0.2) is 71.3 Å². The van der Waals surface area contributed by atoms with Crippen molar-refractivity contribution >= 4 is 23.4 Å². The summed E-state index contributed by atoms with van der Waals surface area (Å²) in [5.74, 6) is -0.989. The largest absolute Gasteiger partial charge is 0.459 e. The van der Waals surface area contributed by atoms with Gasteiger partial charge in [-0.2, -0.15) is 0 Å². The van der Waals surface area contributed by atoms with E-state index >= 15 is 0 Å². The summed E-state index contributed by atoms with van der Waals surface area (Å²) in [6.45, 7) is 1.76. The van der Waals surface area contributed by atoms with Crippen molar-refractivity contribution in [1.29, 1.82) is 0 Å². The summed E-state index contributed by atoms with van der Waals surface area (Å²) in [4.78, 5) is 37.6. The lowest BCUT2D eigenvalue weighted by molar-refractivity contribution is -0.118. The number of carbonyl (C=O) groups is 3. The van der Waals surface area contributed by atoms with E-state index in [0.717, 1.165) is 5.56 Å². The summed E-state index contributed by atoms with van der Waals surface area (Å²) >= 11 is 0. The molecule has 3 rings (SSSR count). The summed E-state index contributed by atoms with van der Waals surface area (Å²) in [6.07, 6.45) is 1.70. The molecule has 0 radical (unpaired) electrons. The third-order valence-corrected chi connectivity index (χ3v) is 4.71. The molecule has 0 spiro atoms. The summed E-state index contributed by atoms with van der Waals surface area (Å²) in [5, 5.41) is 8.15. The highest BCUT2D eigenvalue weighted by molar-refractivity contribution is 6.02. The lowest BCUT2D eigenvalue weighted by Crippen LogP contribution is -2.45. The van der Waals surface area contributed by atoms with Crippen LogP contribution in [-0.4, -0.2) is 30.8 Å². The van der Waals surface area contributed by atoms with E-state index in [9.17, 15) is 14.4 Å². The number of anilines is 1. The zero-order valence-electron chi connectivity index (χ0n) is 16.8. The predicted octanol–water partition coefficient (Wildman–Crippen LogP) is 2.93. The van der Waals surface area contributed by atoms with Crippen LogP contribution in [0.2, 0.25) is 0 Å². The highest BCUT2D eigenvalue weighted by Gasteiger charge is 2.24. The zero-order chi connectivity index (χ0) is 21.5. The summed E-state index contributed by atoms with van der Waals surface area (Å²) in [6, 6.07) is 16.8. The van der Waals surface area contributed by atoms with E-state index in [0.29, 0.717) is 23.2 Å². The Morgan fingerprint density at radius 1 is 0.933 bits per heavy atom. The zero-order valence-corrected chi connectivity index (χ0v) is 16.8. The van der Waals surface area contributed by atoms with Gasteiger partial charge in [-0.05, 0) is 42.3 Å². The number of hydrogen-bond donors (Lipinski definition) is 3. The Balaban J connectivity index is 1.83. The number of nitrogens with one attached hydrogen (secondary N) is 3. The number of benzene rings is 2. The third-order valence-electron chi connectivity index (χ3n) is 4.71. The maximum atomic E-state index is 13.1. The van der Waals surface area contributed by atoms with Crippen molar-refractivity contribution in [3.8, 4) is 0 Å². The minimum absolute atomic E-state index is 0.124. The minimum Gasteiger partial charge on any atom is -0.459 e. The van der Waals surface area contributed by atoms with Gasteiger partial charge in [0.25, 0.3) is 11.8 Å². The van der Waals surface area contributed by atoms with Gasteiger partial charge in [-0.1, -0.05) is 36.4 Å². The Kier molecular flexibility index (Phi) is 6.64. The summed E-state index contributed by atoms with van der Waals surface area (Å²) in [5.41, 5.74) is 2.51. The van der Waals surface area contributed by atoms with Crippen molar-refractivity contribution in [2.45, 2.75) is 19.4 Å². The van der Waals surface area contributed by atoms with Crippen LogP contribution in [0.25, 0.3) is 0 Å². The highest BCUT2D eigenvalue weighted by Crippen LogP contribution is 2.19. The van der Waals surface area contributed by atoms with Gasteiger partial charge in [-0.25, -0.2) is 0 Å². The van der Waals surface area contributed by atoms with E-state index in [1.165, 1.54) is 12.3 Å². The lowest BCUT2D eigenvalue weighted by Gasteiger charge is -2.19. The Morgan fingerprint density at radius 2 is 1.70 bits per heavy atom. The second kappa shape index (κ2) is 9.56. The van der Waals surface area contributed by atoms with Crippen LogP contribution in [-0.2, 0) is 11.2 Å². The maximum absolute atomic E-state index is 13.1. The van der Waals surface area contributed by atoms with Gasteiger partial charge in [0.2, 0.25) is 5.91 Å². The second-order valence-electron chi connectivity index (χ2n) is 6.74. The van der Waals surface area contributed by atoms with Crippen LogP contribution < -0.4 is 16.0 Å². The van der Waals surface area contributed by atoms with Crippen molar-refractivity contribution in [3.05, 3.63) is 89.4 Å². The summed E-state index contributed by atoms with van der Waals surface area (Å²) in [7, 11) is 1.55. The lowest BCUT2D eigenvalue weighted by atomic mass is 10.0. The van der Waals surface area contributed by atoms with Crippen LogP contribution in [0.5, 0.6) is 0 Å². The van der Waals surface area contributed by atoms with Gasteiger partial charge in [0, 0.05) is 24.7 Å². The Bertz CT molecular complexity index is 1030. The molecule has 0 bridgehead atoms. The molecule has 0 aliphatic carbocycles. The fourth-order valence-corrected chi connectivity index (χ4v) is 3.07. The molecule has 0 aliphatic rings. The molecule has 3 amide bonds. The van der Waals surface area contributed by atoms with Gasteiger partial charge in [-0.15, -0.1) is 0 Å². The maximum Gasteiger partial charge on any atom is 0.287 e. The molecule has 2 aromatic carbocycles. The number of furan rings is 1. The average Bonchev–Trinajstić information content (AvgIpc) is 3.30. The van der Waals surface area contributed by atoms with E-state index in [1.54, 1.807) is 38.2 Å². The van der Waals surface area contributed by atoms with Gasteiger partial charge in [0.15, 0.2) is 5.76 Å². The van der Waals surface area contributed by atoms with Gasteiger partial charge in [0.1, 0.15) is 6.04 Å². The van der Waals surface area contributed by atoms with Crippen molar-refractivity contribution in [2.24, 2.45) is 0 Å². The molecule has 7 nitrogen and oxygen atoms in total. The van der Waals surface area contributed by atoms with E-state index < -0.39 is 17.9 Å². The Labute approximate surface area is 174 Å². The van der Waals surface area contributed by atoms with E-state index in [4.69, 9.17) is 4.42 Å². The monoisotopic (exact) mass is 405 g/mol. The molecule has 3 N–H and O–H groups in total. The van der Waals surface area contributed by atoms with Gasteiger partial charge in [0.05, 0.1) is 6.26 Å². The molecule has 154 valence electrons. The van der Waals surface area contributed by atoms with E-state index in [1.807, 2.05) is 30.3 Å². The number of carbonyl (C=O) groups excluding carboxylic acids is 3. The molecule has 0 aliphatic heterocycles. The average molecular weight is 405 g/mol. The molecule has 1 aromatic heterocycles. The SMILES string of the molecule is CNC(=O)c1cccc(NC(=O)C(Cc2ccccc2)NC(=O)c2ccco2)c1C.